The van der Waals surface area contributed by atoms with Gasteiger partial charge in [0.05, 0.1) is 4.90 Å². The highest BCUT2D eigenvalue weighted by Crippen LogP contribution is 2.26. The lowest BCUT2D eigenvalue weighted by Gasteiger charge is -2.20. The number of anilines is 1. The van der Waals surface area contributed by atoms with E-state index in [-0.39, 0.29) is 22.8 Å². The molecule has 22 heavy (non-hydrogen) atoms. The third kappa shape index (κ3) is 3.02. The number of nitrogens with one attached hydrogen (secondary N) is 2. The molecule has 0 spiro atoms. The van der Waals surface area contributed by atoms with Crippen molar-refractivity contribution in [2.24, 2.45) is 5.92 Å². The molecule has 2 unspecified atom stereocenters. The van der Waals surface area contributed by atoms with Crippen molar-refractivity contribution in [2.45, 2.75) is 30.7 Å². The first-order valence-electron chi connectivity index (χ1n) is 7.49. The van der Waals surface area contributed by atoms with Gasteiger partial charge >= 0.3 is 0 Å². The minimum absolute atomic E-state index is 0.0240. The van der Waals surface area contributed by atoms with Crippen molar-refractivity contribution in [1.29, 1.82) is 0 Å². The number of rotatable bonds is 3. The lowest BCUT2D eigenvalue weighted by Crippen LogP contribution is -2.39. The molecule has 1 saturated heterocycles. The van der Waals surface area contributed by atoms with Gasteiger partial charge in [-0.05, 0) is 43.1 Å². The summed E-state index contributed by atoms with van der Waals surface area (Å²) in [5, 5.41) is 2.76. The second-order valence-electron chi connectivity index (χ2n) is 6.29. The van der Waals surface area contributed by atoms with Gasteiger partial charge in [-0.3, -0.25) is 4.79 Å². The van der Waals surface area contributed by atoms with Crippen LogP contribution in [0.15, 0.2) is 23.1 Å². The number of carbonyl (C=O) groups is 1. The van der Waals surface area contributed by atoms with Gasteiger partial charge in [0.1, 0.15) is 0 Å². The highest BCUT2D eigenvalue weighted by molar-refractivity contribution is 7.89. The van der Waals surface area contributed by atoms with E-state index in [0.717, 1.165) is 18.7 Å². The average molecular weight is 323 g/mol. The van der Waals surface area contributed by atoms with Crippen LogP contribution in [0.4, 0.5) is 5.69 Å². The molecule has 0 aromatic heterocycles. The van der Waals surface area contributed by atoms with E-state index in [1.165, 1.54) is 0 Å². The van der Waals surface area contributed by atoms with Gasteiger partial charge in [-0.15, -0.1) is 0 Å². The number of carbonyl (C=O) groups excluding carboxylic acids is 1. The Bertz CT molecular complexity index is 702. The number of likely N-dealkylation sites (N-methyl/N-ethyl adjacent to an activating group) is 1. The third-order valence-corrected chi connectivity index (χ3v) is 5.87. The molecule has 0 bridgehead atoms. The number of fused-ring (bicyclic) bond motifs is 1. The summed E-state index contributed by atoms with van der Waals surface area (Å²) in [6.45, 7) is 3.67. The lowest BCUT2D eigenvalue weighted by atomic mass is 10.0. The SMILES string of the molecule is CC1CN(C)CC1NS(=O)(=O)c1ccc2c(c1)CCC(=O)N2. The lowest BCUT2D eigenvalue weighted by molar-refractivity contribution is -0.116. The molecule has 1 aromatic carbocycles. The van der Waals surface area contributed by atoms with Crippen molar-refractivity contribution < 1.29 is 13.2 Å². The van der Waals surface area contributed by atoms with Crippen LogP contribution < -0.4 is 10.0 Å². The predicted octanol–water partition coefficient (Wildman–Crippen LogP) is 0.800. The number of amides is 1. The van der Waals surface area contributed by atoms with Crippen LogP contribution in [0, 0.1) is 5.92 Å². The Balaban J connectivity index is 1.82. The van der Waals surface area contributed by atoms with E-state index in [0.29, 0.717) is 18.5 Å². The summed E-state index contributed by atoms with van der Waals surface area (Å²) in [4.78, 5) is 13.8. The largest absolute Gasteiger partial charge is 0.326 e. The van der Waals surface area contributed by atoms with Crippen LogP contribution in [0.3, 0.4) is 0 Å². The van der Waals surface area contributed by atoms with Crippen molar-refractivity contribution in [1.82, 2.24) is 9.62 Å². The second kappa shape index (κ2) is 5.64. The number of aryl methyl sites for hydroxylation is 1. The standard InChI is InChI=1S/C15H21N3O3S/c1-10-8-18(2)9-14(10)17-22(20,21)12-4-5-13-11(7-12)3-6-15(19)16-13/h4-5,7,10,14,17H,3,6,8-9H2,1-2H3,(H,16,19). The molecular formula is C15H21N3O3S. The van der Waals surface area contributed by atoms with E-state index in [2.05, 4.69) is 21.9 Å². The van der Waals surface area contributed by atoms with Crippen LogP contribution in [-0.2, 0) is 21.2 Å². The van der Waals surface area contributed by atoms with E-state index in [9.17, 15) is 13.2 Å². The Morgan fingerprint density at radius 3 is 2.73 bits per heavy atom. The van der Waals surface area contributed by atoms with Gasteiger partial charge in [0.25, 0.3) is 0 Å². The number of nitrogens with zero attached hydrogens (tertiary/aromatic N) is 1. The molecule has 0 saturated carbocycles. The summed E-state index contributed by atoms with van der Waals surface area (Å²) in [5.41, 5.74) is 1.59. The van der Waals surface area contributed by atoms with E-state index in [1.54, 1.807) is 18.2 Å². The number of hydrogen-bond acceptors (Lipinski definition) is 4. The summed E-state index contributed by atoms with van der Waals surface area (Å²) >= 11 is 0. The topological polar surface area (TPSA) is 78.5 Å². The van der Waals surface area contributed by atoms with E-state index < -0.39 is 10.0 Å². The molecule has 2 aliphatic rings. The fourth-order valence-corrected chi connectivity index (χ4v) is 4.54. The zero-order chi connectivity index (χ0) is 15.9. The maximum atomic E-state index is 12.6. The van der Waals surface area contributed by atoms with Gasteiger partial charge in [-0.1, -0.05) is 6.92 Å². The predicted molar refractivity (Wildman–Crippen MR) is 84.2 cm³/mol. The zero-order valence-electron chi connectivity index (χ0n) is 12.8. The van der Waals surface area contributed by atoms with Gasteiger partial charge in [0.15, 0.2) is 0 Å². The molecule has 2 atom stereocenters. The van der Waals surface area contributed by atoms with E-state index in [4.69, 9.17) is 0 Å². The highest BCUT2D eigenvalue weighted by atomic mass is 32.2. The van der Waals surface area contributed by atoms with Crippen LogP contribution in [0.5, 0.6) is 0 Å². The van der Waals surface area contributed by atoms with Crippen LogP contribution >= 0.6 is 0 Å². The van der Waals surface area contributed by atoms with Crippen molar-refractivity contribution in [3.05, 3.63) is 23.8 Å². The summed E-state index contributed by atoms with van der Waals surface area (Å²) < 4.78 is 28.0. The molecule has 1 fully saturated rings. The summed E-state index contributed by atoms with van der Waals surface area (Å²) in [7, 11) is -1.54. The van der Waals surface area contributed by atoms with Crippen molar-refractivity contribution in [3.8, 4) is 0 Å². The summed E-state index contributed by atoms with van der Waals surface area (Å²) in [5.74, 6) is 0.265. The molecule has 2 heterocycles. The minimum atomic E-state index is -3.54. The number of benzene rings is 1. The molecular weight excluding hydrogens is 302 g/mol. The number of sulfonamides is 1. The Morgan fingerprint density at radius 1 is 1.27 bits per heavy atom. The first-order valence-corrected chi connectivity index (χ1v) is 8.97. The van der Waals surface area contributed by atoms with E-state index in [1.807, 2.05) is 7.05 Å². The fraction of sp³-hybridized carbons (Fsp3) is 0.533. The highest BCUT2D eigenvalue weighted by Gasteiger charge is 2.31. The number of likely N-dealkylation sites (tertiary alicyclic amines) is 1. The molecule has 0 aliphatic carbocycles. The van der Waals surface area contributed by atoms with Crippen molar-refractivity contribution in [2.75, 3.05) is 25.5 Å². The molecule has 7 heteroatoms. The Kier molecular flexibility index (Phi) is 3.96. The Morgan fingerprint density at radius 2 is 2.05 bits per heavy atom. The van der Waals surface area contributed by atoms with Gasteiger partial charge in [0, 0.05) is 31.2 Å². The minimum Gasteiger partial charge on any atom is -0.326 e. The first-order chi connectivity index (χ1) is 10.3. The van der Waals surface area contributed by atoms with Gasteiger partial charge in [-0.25, -0.2) is 13.1 Å². The Hall–Kier alpha value is -1.44. The second-order valence-corrected chi connectivity index (χ2v) is 8.01. The monoisotopic (exact) mass is 323 g/mol. The molecule has 3 rings (SSSR count). The van der Waals surface area contributed by atoms with Gasteiger partial charge < -0.3 is 10.2 Å². The molecule has 2 aliphatic heterocycles. The smallest absolute Gasteiger partial charge is 0.240 e. The van der Waals surface area contributed by atoms with Crippen molar-refractivity contribution >= 4 is 21.6 Å². The van der Waals surface area contributed by atoms with Crippen LogP contribution in [-0.4, -0.2) is 45.4 Å². The third-order valence-electron chi connectivity index (χ3n) is 4.38. The Labute approximate surface area is 130 Å². The molecule has 2 N–H and O–H groups in total. The summed E-state index contributed by atoms with van der Waals surface area (Å²) in [6, 6.07) is 4.83. The normalized spacial score (nSPS) is 25.8. The fourth-order valence-electron chi connectivity index (χ4n) is 3.16. The first kappa shape index (κ1) is 15.5. The molecule has 1 amide bonds. The molecule has 0 radical (unpaired) electrons. The summed E-state index contributed by atoms with van der Waals surface area (Å²) in [6.07, 6.45) is 0.974. The quantitative estimate of drug-likeness (QED) is 0.862. The van der Waals surface area contributed by atoms with Crippen LogP contribution in [0.25, 0.3) is 0 Å². The van der Waals surface area contributed by atoms with Gasteiger partial charge in [0.2, 0.25) is 15.9 Å². The molecule has 1 aromatic rings. The zero-order valence-corrected chi connectivity index (χ0v) is 13.6. The van der Waals surface area contributed by atoms with Gasteiger partial charge in [-0.2, -0.15) is 0 Å². The van der Waals surface area contributed by atoms with Crippen molar-refractivity contribution in [3.63, 3.8) is 0 Å². The molecule has 6 nitrogen and oxygen atoms in total. The average Bonchev–Trinajstić information content (AvgIpc) is 2.75. The van der Waals surface area contributed by atoms with Crippen LogP contribution in [0.1, 0.15) is 18.9 Å². The maximum absolute atomic E-state index is 12.6. The van der Waals surface area contributed by atoms with E-state index >= 15 is 0 Å². The number of hydrogen-bond donors (Lipinski definition) is 2. The molecule has 120 valence electrons. The maximum Gasteiger partial charge on any atom is 0.240 e. The van der Waals surface area contributed by atoms with Crippen LogP contribution in [0.2, 0.25) is 0 Å².